The number of urea groups is 1. The Kier molecular flexibility index (Phi) is 2.31. The van der Waals surface area contributed by atoms with Gasteiger partial charge in [-0.05, 0) is 19.3 Å². The first-order chi connectivity index (χ1) is 6.66. The van der Waals surface area contributed by atoms with E-state index in [0.29, 0.717) is 25.6 Å². The molecule has 14 heavy (non-hydrogen) atoms. The Hall–Kier alpha value is -1.26. The molecule has 5 heteroatoms. The smallest absolute Gasteiger partial charge is 0.317 e. The molecule has 0 spiro atoms. The third-order valence-corrected chi connectivity index (χ3v) is 2.73. The molecule has 2 fully saturated rings. The van der Waals surface area contributed by atoms with Crippen LogP contribution < -0.4 is 5.32 Å². The van der Waals surface area contributed by atoms with Gasteiger partial charge in [-0.2, -0.15) is 0 Å². The van der Waals surface area contributed by atoms with Crippen molar-refractivity contribution < 1.29 is 14.7 Å². The fourth-order valence-electron chi connectivity index (χ4n) is 1.64. The van der Waals surface area contributed by atoms with Crippen molar-refractivity contribution in [3.05, 3.63) is 0 Å². The van der Waals surface area contributed by atoms with Gasteiger partial charge in [0.25, 0.3) is 0 Å². The Labute approximate surface area is 82.1 Å². The molecule has 2 rings (SSSR count). The summed E-state index contributed by atoms with van der Waals surface area (Å²) in [5, 5.41) is 11.6. The van der Waals surface area contributed by atoms with Crippen LogP contribution in [0.4, 0.5) is 4.79 Å². The molecular formula is C9H14N2O3. The quantitative estimate of drug-likeness (QED) is 0.669. The number of carbonyl (C=O) groups excluding carboxylic acids is 1. The number of hydrogen-bond donors (Lipinski definition) is 2. The highest BCUT2D eigenvalue weighted by Crippen LogP contribution is 2.21. The van der Waals surface area contributed by atoms with Gasteiger partial charge in [-0.3, -0.25) is 4.79 Å². The molecule has 1 unspecified atom stereocenters. The molecule has 2 aliphatic rings. The lowest BCUT2D eigenvalue weighted by Crippen LogP contribution is -2.39. The predicted octanol–water partition coefficient (Wildman–Crippen LogP) is 0.265. The number of carboxylic acids is 1. The first-order valence-electron chi connectivity index (χ1n) is 4.95. The van der Waals surface area contributed by atoms with Gasteiger partial charge in [-0.15, -0.1) is 0 Å². The van der Waals surface area contributed by atoms with Gasteiger partial charge < -0.3 is 15.3 Å². The number of likely N-dealkylation sites (tertiary alicyclic amines) is 1. The van der Waals surface area contributed by atoms with E-state index in [0.717, 1.165) is 12.8 Å². The standard InChI is InChI=1S/C9H14N2O3/c12-8(13)6-3-4-11(5-6)9(14)10-7-1-2-7/h6-7H,1-5H2,(H,10,14)(H,12,13). The fraction of sp³-hybridized carbons (Fsp3) is 0.778. The molecule has 78 valence electrons. The van der Waals surface area contributed by atoms with E-state index in [1.54, 1.807) is 4.90 Å². The monoisotopic (exact) mass is 198 g/mol. The molecule has 5 nitrogen and oxygen atoms in total. The van der Waals surface area contributed by atoms with Crippen LogP contribution >= 0.6 is 0 Å². The van der Waals surface area contributed by atoms with Gasteiger partial charge in [0.1, 0.15) is 0 Å². The minimum Gasteiger partial charge on any atom is -0.481 e. The lowest BCUT2D eigenvalue weighted by molar-refractivity contribution is -0.141. The molecule has 1 saturated carbocycles. The summed E-state index contributed by atoms with van der Waals surface area (Å²) < 4.78 is 0. The highest BCUT2D eigenvalue weighted by atomic mass is 16.4. The molecule has 1 aliphatic carbocycles. The van der Waals surface area contributed by atoms with Gasteiger partial charge in [-0.1, -0.05) is 0 Å². The lowest BCUT2D eigenvalue weighted by atomic mass is 10.1. The van der Waals surface area contributed by atoms with Crippen LogP contribution in [0.1, 0.15) is 19.3 Å². The number of carbonyl (C=O) groups is 2. The number of nitrogens with one attached hydrogen (secondary N) is 1. The summed E-state index contributed by atoms with van der Waals surface area (Å²) in [5.41, 5.74) is 0. The van der Waals surface area contributed by atoms with Crippen LogP contribution in [0.15, 0.2) is 0 Å². The third kappa shape index (κ3) is 1.97. The van der Waals surface area contributed by atoms with E-state index in [-0.39, 0.29) is 11.9 Å². The third-order valence-electron chi connectivity index (χ3n) is 2.73. The van der Waals surface area contributed by atoms with Gasteiger partial charge in [-0.25, -0.2) is 4.79 Å². The van der Waals surface area contributed by atoms with Crippen LogP contribution in [-0.4, -0.2) is 41.1 Å². The number of nitrogens with zero attached hydrogens (tertiary/aromatic N) is 1. The van der Waals surface area contributed by atoms with Crippen molar-refractivity contribution in [2.75, 3.05) is 13.1 Å². The maximum absolute atomic E-state index is 11.5. The lowest BCUT2D eigenvalue weighted by Gasteiger charge is -2.16. The second-order valence-electron chi connectivity index (χ2n) is 3.99. The van der Waals surface area contributed by atoms with Crippen LogP contribution in [0.25, 0.3) is 0 Å². The van der Waals surface area contributed by atoms with Crippen LogP contribution in [0.3, 0.4) is 0 Å². The summed E-state index contributed by atoms with van der Waals surface area (Å²) >= 11 is 0. The van der Waals surface area contributed by atoms with Gasteiger partial charge >= 0.3 is 12.0 Å². The largest absolute Gasteiger partial charge is 0.481 e. The van der Waals surface area contributed by atoms with E-state index >= 15 is 0 Å². The SMILES string of the molecule is O=C(O)C1CCN(C(=O)NC2CC2)C1. The van der Waals surface area contributed by atoms with Crippen LogP contribution in [-0.2, 0) is 4.79 Å². The van der Waals surface area contributed by atoms with E-state index in [1.165, 1.54) is 0 Å². The molecule has 0 bridgehead atoms. The van der Waals surface area contributed by atoms with Crippen molar-refractivity contribution >= 4 is 12.0 Å². The highest BCUT2D eigenvalue weighted by Gasteiger charge is 2.33. The molecule has 2 N–H and O–H groups in total. The van der Waals surface area contributed by atoms with Crippen molar-refractivity contribution in [3.8, 4) is 0 Å². The minimum absolute atomic E-state index is 0.101. The van der Waals surface area contributed by atoms with Crippen LogP contribution in [0.5, 0.6) is 0 Å². The average Bonchev–Trinajstić information content (AvgIpc) is 2.81. The number of hydrogen-bond acceptors (Lipinski definition) is 2. The summed E-state index contributed by atoms with van der Waals surface area (Å²) in [5.74, 6) is -1.17. The molecule has 1 heterocycles. The first kappa shape index (κ1) is 9.30. The summed E-state index contributed by atoms with van der Waals surface area (Å²) in [7, 11) is 0. The second-order valence-corrected chi connectivity index (χ2v) is 3.99. The molecule has 0 radical (unpaired) electrons. The van der Waals surface area contributed by atoms with Crippen molar-refractivity contribution in [3.63, 3.8) is 0 Å². The van der Waals surface area contributed by atoms with E-state index < -0.39 is 5.97 Å². The maximum atomic E-state index is 11.5. The first-order valence-corrected chi connectivity index (χ1v) is 4.95. The summed E-state index contributed by atoms with van der Waals surface area (Å²) in [6.45, 7) is 0.920. The van der Waals surface area contributed by atoms with Crippen LogP contribution in [0, 0.1) is 5.92 Å². The topological polar surface area (TPSA) is 69.6 Å². The molecule has 0 aromatic rings. The van der Waals surface area contributed by atoms with E-state index in [9.17, 15) is 9.59 Å². The zero-order chi connectivity index (χ0) is 10.1. The highest BCUT2D eigenvalue weighted by molar-refractivity contribution is 5.77. The molecule has 1 saturated heterocycles. The average molecular weight is 198 g/mol. The summed E-state index contributed by atoms with van der Waals surface area (Å²) in [6, 6.07) is 0.239. The van der Waals surface area contributed by atoms with Gasteiger partial charge in [0.15, 0.2) is 0 Å². The summed E-state index contributed by atoms with van der Waals surface area (Å²) in [6.07, 6.45) is 2.69. The van der Waals surface area contributed by atoms with Gasteiger partial charge in [0.05, 0.1) is 5.92 Å². The van der Waals surface area contributed by atoms with Crippen molar-refractivity contribution in [1.82, 2.24) is 10.2 Å². The van der Waals surface area contributed by atoms with E-state index in [2.05, 4.69) is 5.32 Å². The molecule has 0 aromatic heterocycles. The minimum atomic E-state index is -0.799. The second kappa shape index (κ2) is 3.48. The Bertz CT molecular complexity index is 263. The zero-order valence-corrected chi connectivity index (χ0v) is 7.90. The molecule has 2 amide bonds. The van der Waals surface area contributed by atoms with Crippen LogP contribution in [0.2, 0.25) is 0 Å². The normalized spacial score (nSPS) is 26.3. The van der Waals surface area contributed by atoms with Gasteiger partial charge in [0, 0.05) is 19.1 Å². The van der Waals surface area contributed by atoms with E-state index in [4.69, 9.17) is 5.11 Å². The van der Waals surface area contributed by atoms with E-state index in [1.807, 2.05) is 0 Å². The number of amides is 2. The fourth-order valence-corrected chi connectivity index (χ4v) is 1.64. The van der Waals surface area contributed by atoms with Gasteiger partial charge in [0.2, 0.25) is 0 Å². The number of carboxylic acid groups (broad SMARTS) is 1. The Morgan fingerprint density at radius 2 is 2.00 bits per heavy atom. The predicted molar refractivity (Wildman–Crippen MR) is 48.9 cm³/mol. The number of aliphatic carboxylic acids is 1. The Morgan fingerprint density at radius 1 is 1.29 bits per heavy atom. The van der Waals surface area contributed by atoms with Crippen molar-refractivity contribution in [2.45, 2.75) is 25.3 Å². The molecule has 0 aromatic carbocycles. The maximum Gasteiger partial charge on any atom is 0.317 e. The molecule has 1 aliphatic heterocycles. The summed E-state index contributed by atoms with van der Waals surface area (Å²) in [4.78, 5) is 23.7. The van der Waals surface area contributed by atoms with Crippen molar-refractivity contribution in [2.24, 2.45) is 5.92 Å². The molecule has 1 atom stereocenters. The number of rotatable bonds is 2. The Morgan fingerprint density at radius 3 is 2.50 bits per heavy atom. The zero-order valence-electron chi connectivity index (χ0n) is 7.90. The Balaban J connectivity index is 1.81. The van der Waals surface area contributed by atoms with Crippen molar-refractivity contribution in [1.29, 1.82) is 0 Å². The molecular weight excluding hydrogens is 184 g/mol.